The van der Waals surface area contributed by atoms with E-state index in [1.807, 2.05) is 0 Å². The molecule has 3 rings (SSSR count). The van der Waals surface area contributed by atoms with Gasteiger partial charge >= 0.3 is 0 Å². The van der Waals surface area contributed by atoms with E-state index in [0.717, 1.165) is 47.4 Å². The fourth-order valence-corrected chi connectivity index (χ4v) is 15.5. The maximum Gasteiger partial charge on any atom is 0.214 e. The molecule has 2 aliphatic rings. The number of rotatable bonds is 16. The molecular formula is C28H38O2S8. The Morgan fingerprint density at radius 1 is 0.789 bits per heavy atom. The lowest BCUT2D eigenvalue weighted by Gasteiger charge is -2.11. The quantitative estimate of drug-likeness (QED) is 0.128. The van der Waals surface area contributed by atoms with Gasteiger partial charge in [-0.3, -0.25) is 9.59 Å². The van der Waals surface area contributed by atoms with Crippen LogP contribution in [0.4, 0.5) is 0 Å². The van der Waals surface area contributed by atoms with Crippen molar-refractivity contribution in [1.29, 1.82) is 0 Å². The van der Waals surface area contributed by atoms with Crippen LogP contribution in [-0.2, 0) is 22.4 Å². The SMILES string of the molecule is C=C(C)C(=O)SCC1CSC(CSCCc2cccc(CCSCC3SCC(CSC(=O)C(=C)C)S3)c2)S1. The summed E-state index contributed by atoms with van der Waals surface area (Å²) in [5, 5.41) is 1.44. The summed E-state index contributed by atoms with van der Waals surface area (Å²) >= 11 is 15.2. The molecule has 38 heavy (non-hydrogen) atoms. The van der Waals surface area contributed by atoms with Gasteiger partial charge in [0, 0.05) is 45.0 Å². The normalized spacial score (nSPS) is 23.0. The van der Waals surface area contributed by atoms with Crippen molar-refractivity contribution in [2.75, 3.05) is 46.0 Å². The van der Waals surface area contributed by atoms with Crippen molar-refractivity contribution in [3.63, 3.8) is 0 Å². The molecule has 2 heterocycles. The molecule has 0 amide bonds. The van der Waals surface area contributed by atoms with E-state index in [1.165, 1.54) is 46.2 Å². The minimum absolute atomic E-state index is 0.138. The fraction of sp³-hybridized carbons (Fsp3) is 0.571. The van der Waals surface area contributed by atoms with Crippen molar-refractivity contribution < 1.29 is 9.59 Å². The van der Waals surface area contributed by atoms with Gasteiger partial charge in [-0.15, -0.1) is 47.0 Å². The molecule has 4 atom stereocenters. The molecule has 0 bridgehead atoms. The summed E-state index contributed by atoms with van der Waals surface area (Å²) < 4.78 is 1.30. The summed E-state index contributed by atoms with van der Waals surface area (Å²) in [6, 6.07) is 9.15. The van der Waals surface area contributed by atoms with Gasteiger partial charge in [0.25, 0.3) is 0 Å². The Kier molecular flexibility index (Phi) is 16.1. The highest BCUT2D eigenvalue weighted by Gasteiger charge is 2.27. The molecule has 1 aromatic rings. The number of aryl methyl sites for hydroxylation is 2. The zero-order chi connectivity index (χ0) is 27.3. The van der Waals surface area contributed by atoms with Crippen molar-refractivity contribution in [2.45, 2.75) is 46.4 Å². The maximum absolute atomic E-state index is 11.8. The molecule has 210 valence electrons. The van der Waals surface area contributed by atoms with Crippen LogP contribution in [0.2, 0.25) is 0 Å². The summed E-state index contributed by atoms with van der Waals surface area (Å²) in [4.78, 5) is 23.5. The van der Waals surface area contributed by atoms with Crippen molar-refractivity contribution in [2.24, 2.45) is 0 Å². The molecule has 4 unspecified atom stereocenters. The van der Waals surface area contributed by atoms with E-state index in [0.29, 0.717) is 30.8 Å². The van der Waals surface area contributed by atoms with Crippen LogP contribution in [0.25, 0.3) is 0 Å². The predicted molar refractivity (Wildman–Crippen MR) is 188 cm³/mol. The van der Waals surface area contributed by atoms with Gasteiger partial charge in [-0.05, 0) is 60.5 Å². The van der Waals surface area contributed by atoms with Crippen LogP contribution >= 0.6 is 94.1 Å². The second-order valence-electron chi connectivity index (χ2n) is 9.27. The number of carbonyl (C=O) groups is 2. The van der Waals surface area contributed by atoms with Crippen LogP contribution in [0.3, 0.4) is 0 Å². The Balaban J connectivity index is 1.24. The first-order chi connectivity index (χ1) is 18.3. The molecule has 0 spiro atoms. The van der Waals surface area contributed by atoms with Crippen LogP contribution in [0.5, 0.6) is 0 Å². The number of benzene rings is 1. The first kappa shape index (κ1) is 33.3. The van der Waals surface area contributed by atoms with Crippen LogP contribution in [-0.4, -0.2) is 75.9 Å². The standard InChI is InChI=1S/C28H38O2S8/c1-19(2)27(29)35-15-23-13-33-25(37-23)17-31-10-8-21-6-5-7-22(12-21)9-11-32-18-26-34-14-24(38-26)16-36-28(30)20(3)4/h5-7,12,23-26H,1,3,8-11,13-18H2,2,4H3. The third-order valence-corrected chi connectivity index (χ3v) is 18.0. The lowest BCUT2D eigenvalue weighted by molar-refractivity contribution is -0.108. The molecule has 1 aromatic carbocycles. The summed E-state index contributed by atoms with van der Waals surface area (Å²) in [7, 11) is 0. The first-order valence-electron chi connectivity index (χ1n) is 12.7. The minimum Gasteiger partial charge on any atom is -0.282 e. The molecule has 2 saturated heterocycles. The highest BCUT2D eigenvalue weighted by atomic mass is 32.2. The zero-order valence-electron chi connectivity index (χ0n) is 22.2. The number of thioether (sulfide) groups is 8. The molecule has 2 fully saturated rings. The Morgan fingerprint density at radius 2 is 1.24 bits per heavy atom. The van der Waals surface area contributed by atoms with Crippen molar-refractivity contribution >= 4 is 104 Å². The molecule has 0 aromatic heterocycles. The Morgan fingerprint density at radius 3 is 1.66 bits per heavy atom. The number of carbonyl (C=O) groups excluding carboxylic acids is 2. The van der Waals surface area contributed by atoms with Gasteiger partial charge in [-0.1, -0.05) is 60.9 Å². The fourth-order valence-electron chi connectivity index (χ4n) is 3.63. The van der Waals surface area contributed by atoms with E-state index in [-0.39, 0.29) is 10.2 Å². The van der Waals surface area contributed by atoms with E-state index in [2.05, 4.69) is 108 Å². The van der Waals surface area contributed by atoms with Gasteiger partial charge in [-0.2, -0.15) is 23.5 Å². The molecule has 0 N–H and O–H groups in total. The molecule has 2 nitrogen and oxygen atoms in total. The summed E-state index contributed by atoms with van der Waals surface area (Å²) in [6.45, 7) is 11.1. The third kappa shape index (κ3) is 12.8. The van der Waals surface area contributed by atoms with E-state index < -0.39 is 0 Å². The Bertz CT molecular complexity index is 881. The summed E-state index contributed by atoms with van der Waals surface area (Å²) in [5.74, 6) is 8.82. The summed E-state index contributed by atoms with van der Waals surface area (Å²) in [6.07, 6.45) is 2.26. The summed E-state index contributed by atoms with van der Waals surface area (Å²) in [5.41, 5.74) is 4.21. The van der Waals surface area contributed by atoms with Crippen LogP contribution in [0.15, 0.2) is 48.6 Å². The van der Waals surface area contributed by atoms with Gasteiger partial charge in [0.05, 0.1) is 9.16 Å². The van der Waals surface area contributed by atoms with Crippen LogP contribution in [0, 0.1) is 0 Å². The number of hydrogen-bond acceptors (Lipinski definition) is 10. The minimum atomic E-state index is 0.138. The average molecular weight is 663 g/mol. The lowest BCUT2D eigenvalue weighted by Crippen LogP contribution is -2.08. The van der Waals surface area contributed by atoms with Crippen LogP contribution in [0.1, 0.15) is 25.0 Å². The van der Waals surface area contributed by atoms with Gasteiger partial charge < -0.3 is 0 Å². The van der Waals surface area contributed by atoms with Gasteiger partial charge in [0.1, 0.15) is 0 Å². The molecule has 0 radical (unpaired) electrons. The van der Waals surface area contributed by atoms with Gasteiger partial charge in [0.15, 0.2) is 0 Å². The largest absolute Gasteiger partial charge is 0.282 e. The van der Waals surface area contributed by atoms with Gasteiger partial charge in [0.2, 0.25) is 10.2 Å². The van der Waals surface area contributed by atoms with Crippen molar-refractivity contribution in [1.82, 2.24) is 0 Å². The Labute approximate surface area is 263 Å². The van der Waals surface area contributed by atoms with Crippen molar-refractivity contribution in [3.8, 4) is 0 Å². The predicted octanol–water partition coefficient (Wildman–Crippen LogP) is 8.26. The second-order valence-corrected chi connectivity index (χ2v) is 19.6. The van der Waals surface area contributed by atoms with E-state index in [1.54, 1.807) is 13.8 Å². The Hall–Kier alpha value is 0.840. The molecule has 0 saturated carbocycles. The second kappa shape index (κ2) is 18.4. The number of hydrogen-bond donors (Lipinski definition) is 0. The smallest absolute Gasteiger partial charge is 0.214 e. The van der Waals surface area contributed by atoms with Crippen LogP contribution < -0.4 is 0 Å². The van der Waals surface area contributed by atoms with E-state index in [4.69, 9.17) is 0 Å². The zero-order valence-corrected chi connectivity index (χ0v) is 28.7. The average Bonchev–Trinajstić information content (AvgIpc) is 3.55. The van der Waals surface area contributed by atoms with Crippen molar-refractivity contribution in [3.05, 3.63) is 59.7 Å². The third-order valence-electron chi connectivity index (χ3n) is 5.69. The highest BCUT2D eigenvalue weighted by molar-refractivity contribution is 8.23. The molecule has 2 aliphatic heterocycles. The van der Waals surface area contributed by atoms with E-state index in [9.17, 15) is 9.59 Å². The first-order valence-corrected chi connectivity index (χ1v) is 21.0. The highest BCUT2D eigenvalue weighted by Crippen LogP contribution is 2.42. The monoisotopic (exact) mass is 662 g/mol. The molecular weight excluding hydrogens is 625 g/mol. The molecule has 0 aliphatic carbocycles. The van der Waals surface area contributed by atoms with Gasteiger partial charge in [-0.25, -0.2) is 0 Å². The topological polar surface area (TPSA) is 34.1 Å². The lowest BCUT2D eigenvalue weighted by atomic mass is 10.1. The van der Waals surface area contributed by atoms with E-state index >= 15 is 0 Å². The maximum atomic E-state index is 11.8. The molecule has 10 heteroatoms.